The summed E-state index contributed by atoms with van der Waals surface area (Å²) in [6, 6.07) is 16.5. The number of carbonyl (C=O) groups is 1. The second kappa shape index (κ2) is 12.3. The maximum absolute atomic E-state index is 13.8. The van der Waals surface area contributed by atoms with E-state index in [1.807, 2.05) is 36.0 Å². The Morgan fingerprint density at radius 3 is 2.67 bits per heavy atom. The molecule has 3 aromatic carbocycles. The van der Waals surface area contributed by atoms with Crippen LogP contribution in [0, 0.1) is 11.6 Å². The molecule has 0 spiro atoms. The van der Waals surface area contributed by atoms with Gasteiger partial charge >= 0.3 is 5.97 Å². The summed E-state index contributed by atoms with van der Waals surface area (Å²) in [6.45, 7) is 2.97. The number of halogens is 2. The van der Waals surface area contributed by atoms with E-state index < -0.39 is 29.7 Å². The Morgan fingerprint density at radius 1 is 1.08 bits per heavy atom. The summed E-state index contributed by atoms with van der Waals surface area (Å²) in [6.07, 6.45) is 1.36. The van der Waals surface area contributed by atoms with Crippen molar-refractivity contribution in [3.63, 3.8) is 0 Å². The molecule has 5 rings (SSSR count). The van der Waals surface area contributed by atoms with E-state index in [0.29, 0.717) is 24.2 Å². The minimum absolute atomic E-state index is 0.154. The second-order valence-corrected chi connectivity index (χ2v) is 11.1. The molecule has 0 bridgehead atoms. The molecule has 0 amide bonds. The van der Waals surface area contributed by atoms with E-state index in [9.17, 15) is 13.6 Å². The smallest absolute Gasteiger partial charge is 0.338 e. The molecule has 5 nitrogen and oxygen atoms in total. The average molecular weight is 550 g/mol. The fourth-order valence-corrected chi connectivity index (χ4v) is 6.12. The molecule has 2 heterocycles. The number of carbonyl (C=O) groups excluding carboxylic acids is 1. The monoisotopic (exact) mass is 549 g/mol. The van der Waals surface area contributed by atoms with Gasteiger partial charge in [0, 0.05) is 47.5 Å². The zero-order valence-corrected chi connectivity index (χ0v) is 22.8. The molecule has 1 aliphatic rings. The molecule has 0 aliphatic carbocycles. The highest BCUT2D eigenvalue weighted by atomic mass is 32.2. The van der Waals surface area contributed by atoms with E-state index in [4.69, 9.17) is 10.5 Å². The van der Waals surface area contributed by atoms with Gasteiger partial charge in [-0.05, 0) is 77.6 Å². The lowest BCUT2D eigenvalue weighted by atomic mass is 10.0. The fourth-order valence-electron chi connectivity index (χ4n) is 5.09. The molecule has 4 N–H and O–H groups in total. The molecular weight excluding hydrogens is 516 g/mol. The molecule has 0 radical (unpaired) electrons. The van der Waals surface area contributed by atoms with Crippen molar-refractivity contribution in [2.24, 2.45) is 5.73 Å². The summed E-state index contributed by atoms with van der Waals surface area (Å²) < 4.78 is 33.6. The minimum Gasteiger partial charge on any atom is -0.456 e. The van der Waals surface area contributed by atoms with Gasteiger partial charge < -0.3 is 20.8 Å². The normalized spacial score (nSPS) is 14.7. The van der Waals surface area contributed by atoms with Crippen molar-refractivity contribution in [2.45, 2.75) is 50.6 Å². The summed E-state index contributed by atoms with van der Waals surface area (Å²) >= 11 is 1.88. The molecule has 0 saturated heterocycles. The van der Waals surface area contributed by atoms with Gasteiger partial charge in [0.05, 0.1) is 5.56 Å². The molecular formula is C31H33F2N3O2S. The number of ether oxygens (including phenoxy) is 1. The Morgan fingerprint density at radius 2 is 1.87 bits per heavy atom. The number of aromatic amines is 1. The largest absolute Gasteiger partial charge is 0.456 e. The third kappa shape index (κ3) is 6.69. The zero-order chi connectivity index (χ0) is 27.4. The van der Waals surface area contributed by atoms with Crippen LogP contribution >= 0.6 is 11.8 Å². The van der Waals surface area contributed by atoms with E-state index >= 15 is 0 Å². The summed E-state index contributed by atoms with van der Waals surface area (Å²) in [5.41, 5.74) is 13.2. The van der Waals surface area contributed by atoms with Crippen LogP contribution in [-0.4, -0.2) is 35.4 Å². The van der Waals surface area contributed by atoms with Gasteiger partial charge in [0.1, 0.15) is 17.7 Å². The number of nitrogens with one attached hydrogen (secondary N) is 2. The number of thioether (sulfide) groups is 1. The van der Waals surface area contributed by atoms with Gasteiger partial charge in [-0.25, -0.2) is 13.6 Å². The van der Waals surface area contributed by atoms with Gasteiger partial charge in [-0.1, -0.05) is 31.2 Å². The van der Waals surface area contributed by atoms with Gasteiger partial charge in [0.15, 0.2) is 0 Å². The van der Waals surface area contributed by atoms with E-state index in [0.717, 1.165) is 46.9 Å². The Kier molecular flexibility index (Phi) is 8.65. The van der Waals surface area contributed by atoms with E-state index in [-0.39, 0.29) is 6.42 Å². The maximum atomic E-state index is 13.8. The summed E-state index contributed by atoms with van der Waals surface area (Å²) in [5.74, 6) is 0.186. The zero-order valence-electron chi connectivity index (χ0n) is 21.9. The number of rotatable bonds is 10. The molecule has 0 unspecified atom stereocenters. The molecule has 0 fully saturated rings. The van der Waals surface area contributed by atoms with Crippen molar-refractivity contribution < 1.29 is 18.3 Å². The van der Waals surface area contributed by atoms with Gasteiger partial charge in [-0.2, -0.15) is 11.8 Å². The number of hydrogen-bond donors (Lipinski definition) is 3. The topological polar surface area (TPSA) is 80.1 Å². The maximum Gasteiger partial charge on any atom is 0.338 e. The van der Waals surface area contributed by atoms with Crippen LogP contribution in [0.4, 0.5) is 8.78 Å². The lowest BCUT2D eigenvalue weighted by molar-refractivity contribution is 0.0238. The highest BCUT2D eigenvalue weighted by Gasteiger charge is 2.25. The van der Waals surface area contributed by atoms with Crippen molar-refractivity contribution in [3.8, 4) is 0 Å². The third-order valence-corrected chi connectivity index (χ3v) is 8.16. The summed E-state index contributed by atoms with van der Waals surface area (Å²) in [4.78, 5) is 16.8. The molecule has 39 heavy (non-hydrogen) atoms. The minimum atomic E-state index is -0.718. The lowest BCUT2D eigenvalue weighted by Crippen LogP contribution is -2.46. The molecule has 4 aromatic rings. The van der Waals surface area contributed by atoms with Crippen LogP contribution in [0.5, 0.6) is 0 Å². The SMILES string of the molecule is CCc1cccc(CNC[C@@H](OC(=O)c2ccc3[nH]c4c(c3c2)CSCC4)[C@@H](N)Cc2cc(F)cc(F)c2)c1. The molecule has 8 heteroatoms. The van der Waals surface area contributed by atoms with Gasteiger partial charge in [0.25, 0.3) is 0 Å². The van der Waals surface area contributed by atoms with Crippen LogP contribution < -0.4 is 11.1 Å². The number of esters is 1. The molecule has 1 aromatic heterocycles. The molecule has 1 aliphatic heterocycles. The Labute approximate surface area is 231 Å². The first-order valence-corrected chi connectivity index (χ1v) is 14.5. The van der Waals surface area contributed by atoms with Crippen LogP contribution in [0.2, 0.25) is 0 Å². The van der Waals surface area contributed by atoms with E-state index in [1.54, 1.807) is 6.07 Å². The number of aryl methyl sites for hydroxylation is 2. The highest BCUT2D eigenvalue weighted by molar-refractivity contribution is 7.98. The van der Waals surface area contributed by atoms with Crippen molar-refractivity contribution in [1.29, 1.82) is 0 Å². The first-order valence-electron chi connectivity index (χ1n) is 13.3. The van der Waals surface area contributed by atoms with Crippen molar-refractivity contribution in [1.82, 2.24) is 10.3 Å². The van der Waals surface area contributed by atoms with Crippen LogP contribution in [-0.2, 0) is 36.3 Å². The average Bonchev–Trinajstić information content (AvgIpc) is 3.30. The lowest BCUT2D eigenvalue weighted by Gasteiger charge is -2.25. The fraction of sp³-hybridized carbons (Fsp3) is 0.323. The van der Waals surface area contributed by atoms with Gasteiger partial charge in [0.2, 0.25) is 0 Å². The predicted octanol–water partition coefficient (Wildman–Crippen LogP) is 5.68. The number of hydrogen-bond acceptors (Lipinski definition) is 5. The van der Waals surface area contributed by atoms with Crippen molar-refractivity contribution in [2.75, 3.05) is 12.3 Å². The predicted molar refractivity (Wildman–Crippen MR) is 153 cm³/mol. The summed E-state index contributed by atoms with van der Waals surface area (Å²) in [5, 5.41) is 4.39. The Balaban J connectivity index is 1.33. The van der Waals surface area contributed by atoms with Crippen molar-refractivity contribution >= 4 is 28.6 Å². The third-order valence-electron chi connectivity index (χ3n) is 7.18. The molecule has 0 saturated carbocycles. The van der Waals surface area contributed by atoms with Gasteiger partial charge in [-0.3, -0.25) is 0 Å². The number of H-pyrrole nitrogens is 1. The van der Waals surface area contributed by atoms with Crippen LogP contribution in [0.15, 0.2) is 60.7 Å². The first-order chi connectivity index (χ1) is 18.9. The van der Waals surface area contributed by atoms with Gasteiger partial charge in [-0.15, -0.1) is 0 Å². The van der Waals surface area contributed by atoms with E-state index in [2.05, 4.69) is 29.4 Å². The van der Waals surface area contributed by atoms with Crippen LogP contribution in [0.1, 0.15) is 45.2 Å². The Hall–Kier alpha value is -3.20. The quantitative estimate of drug-likeness (QED) is 0.222. The first kappa shape index (κ1) is 27.4. The number of nitrogens with two attached hydrogens (primary N) is 1. The van der Waals surface area contributed by atoms with Crippen LogP contribution in [0.25, 0.3) is 10.9 Å². The number of fused-ring (bicyclic) bond motifs is 3. The molecule has 204 valence electrons. The summed E-state index contributed by atoms with van der Waals surface area (Å²) in [7, 11) is 0. The molecule has 2 atom stereocenters. The number of benzene rings is 3. The standard InChI is InChI=1S/C31H33F2N3O2S/c1-2-19-4-3-5-20(10-19)16-35-17-30(27(34)13-21-11-23(32)15-24(33)12-21)38-31(37)22-6-7-28-25(14-22)26-18-39-9-8-29(26)36-28/h3-7,10-12,14-15,27,30,35-36H,2,8-9,13,16-18,34H2,1H3/t27-,30+/m0/s1. The Bertz CT molecular complexity index is 1450. The van der Waals surface area contributed by atoms with Crippen molar-refractivity contribution in [3.05, 3.63) is 106 Å². The highest BCUT2D eigenvalue weighted by Crippen LogP contribution is 2.32. The van der Waals surface area contributed by atoms with Crippen LogP contribution in [0.3, 0.4) is 0 Å². The second-order valence-electron chi connectivity index (χ2n) is 10.0. The van der Waals surface area contributed by atoms with E-state index in [1.165, 1.54) is 29.0 Å². The number of aromatic nitrogens is 1.